The van der Waals surface area contributed by atoms with Crippen molar-refractivity contribution in [2.45, 2.75) is 6.92 Å². The molecule has 1 aliphatic rings. The lowest BCUT2D eigenvalue weighted by atomic mass is 10.1. The van der Waals surface area contributed by atoms with E-state index in [9.17, 15) is 4.39 Å². The minimum atomic E-state index is -0.150. The Morgan fingerprint density at radius 2 is 1.79 bits per heavy atom. The lowest BCUT2D eigenvalue weighted by molar-refractivity contribution is 0.312. The molecule has 19 heavy (non-hydrogen) atoms. The number of benzene rings is 1. The van der Waals surface area contributed by atoms with Gasteiger partial charge in [-0.15, -0.1) is 0 Å². The predicted octanol–water partition coefficient (Wildman–Crippen LogP) is 2.43. The number of anilines is 1. The summed E-state index contributed by atoms with van der Waals surface area (Å²) in [6.45, 7) is 5.61. The van der Waals surface area contributed by atoms with Crippen LogP contribution in [-0.4, -0.2) is 43.1 Å². The fourth-order valence-electron chi connectivity index (χ4n) is 2.62. The molecule has 0 unspecified atom stereocenters. The summed E-state index contributed by atoms with van der Waals surface area (Å²) >= 11 is 0. The minimum absolute atomic E-state index is 0.150. The van der Waals surface area contributed by atoms with Crippen LogP contribution in [0.25, 0.3) is 10.9 Å². The van der Waals surface area contributed by atoms with Crippen LogP contribution in [0.5, 0.6) is 0 Å². The highest BCUT2D eigenvalue weighted by Crippen LogP contribution is 2.30. The number of halogens is 1. The molecule has 3 rings (SSSR count). The highest BCUT2D eigenvalue weighted by molar-refractivity contribution is 5.92. The number of hydrogen-bond acceptors (Lipinski definition) is 3. The maximum Gasteiger partial charge on any atom is 0.147 e. The van der Waals surface area contributed by atoms with E-state index in [-0.39, 0.29) is 5.82 Å². The quantitative estimate of drug-likeness (QED) is 0.784. The van der Waals surface area contributed by atoms with Crippen molar-refractivity contribution in [3.63, 3.8) is 0 Å². The Bertz CT molecular complexity index is 604. The second-order valence-corrected chi connectivity index (χ2v) is 5.21. The van der Waals surface area contributed by atoms with E-state index in [2.05, 4.69) is 21.8 Å². The van der Waals surface area contributed by atoms with Gasteiger partial charge in [-0.3, -0.25) is 4.98 Å². The van der Waals surface area contributed by atoms with Gasteiger partial charge in [-0.1, -0.05) is 0 Å². The lowest BCUT2D eigenvalue weighted by Crippen LogP contribution is -2.44. The molecule has 1 fully saturated rings. The number of nitrogens with zero attached hydrogens (tertiary/aromatic N) is 3. The number of rotatable bonds is 1. The topological polar surface area (TPSA) is 19.4 Å². The van der Waals surface area contributed by atoms with Crippen LogP contribution in [0, 0.1) is 12.7 Å². The monoisotopic (exact) mass is 259 g/mol. The molecule has 0 N–H and O–H groups in total. The molecule has 0 atom stereocenters. The molecule has 0 spiro atoms. The van der Waals surface area contributed by atoms with E-state index in [4.69, 9.17) is 0 Å². The first kappa shape index (κ1) is 12.4. The van der Waals surface area contributed by atoms with Crippen molar-refractivity contribution in [3.05, 3.63) is 35.8 Å². The van der Waals surface area contributed by atoms with Gasteiger partial charge in [-0.2, -0.15) is 0 Å². The second-order valence-electron chi connectivity index (χ2n) is 5.21. The van der Waals surface area contributed by atoms with E-state index in [1.807, 2.05) is 19.1 Å². The van der Waals surface area contributed by atoms with Gasteiger partial charge in [0.05, 0.1) is 11.2 Å². The molecule has 100 valence electrons. The number of likely N-dealkylation sites (N-methyl/N-ethyl adjacent to an activating group) is 1. The van der Waals surface area contributed by atoms with Crippen LogP contribution in [-0.2, 0) is 0 Å². The van der Waals surface area contributed by atoms with E-state index in [1.54, 1.807) is 6.07 Å². The van der Waals surface area contributed by atoms with Gasteiger partial charge in [0.15, 0.2) is 0 Å². The number of fused-ring (bicyclic) bond motifs is 1. The third-order valence-corrected chi connectivity index (χ3v) is 3.75. The van der Waals surface area contributed by atoms with E-state index < -0.39 is 0 Å². The van der Waals surface area contributed by atoms with Gasteiger partial charge < -0.3 is 9.80 Å². The van der Waals surface area contributed by atoms with Crippen molar-refractivity contribution >= 4 is 16.6 Å². The molecular formula is C15H18FN3. The second kappa shape index (κ2) is 4.78. The van der Waals surface area contributed by atoms with Gasteiger partial charge in [0.25, 0.3) is 0 Å². The Morgan fingerprint density at radius 3 is 2.53 bits per heavy atom. The van der Waals surface area contributed by atoms with Gasteiger partial charge in [-0.05, 0) is 38.2 Å². The Kier molecular flexibility index (Phi) is 3.11. The lowest BCUT2D eigenvalue weighted by Gasteiger charge is -2.34. The first-order valence-corrected chi connectivity index (χ1v) is 6.64. The first-order valence-electron chi connectivity index (χ1n) is 6.64. The molecule has 0 saturated carbocycles. The predicted molar refractivity (Wildman–Crippen MR) is 76.1 cm³/mol. The molecule has 3 nitrogen and oxygen atoms in total. The average Bonchev–Trinajstić information content (AvgIpc) is 2.40. The van der Waals surface area contributed by atoms with Crippen LogP contribution in [0.4, 0.5) is 10.1 Å². The number of piperazine rings is 1. The number of aromatic nitrogens is 1. The Labute approximate surface area is 112 Å². The SMILES string of the molecule is Cc1ccc2c(N3CCN(C)CC3)c(F)ccc2n1. The minimum Gasteiger partial charge on any atom is -0.366 e. The molecule has 0 bridgehead atoms. The van der Waals surface area contributed by atoms with Gasteiger partial charge in [0.2, 0.25) is 0 Å². The highest BCUT2D eigenvalue weighted by Gasteiger charge is 2.19. The number of hydrogen-bond donors (Lipinski definition) is 0. The Morgan fingerprint density at radius 1 is 1.05 bits per heavy atom. The van der Waals surface area contributed by atoms with Crippen LogP contribution in [0.15, 0.2) is 24.3 Å². The first-order chi connectivity index (χ1) is 9.15. The zero-order valence-corrected chi connectivity index (χ0v) is 11.4. The number of aryl methyl sites for hydroxylation is 1. The maximum absolute atomic E-state index is 14.2. The van der Waals surface area contributed by atoms with Crippen molar-refractivity contribution in [2.75, 3.05) is 38.1 Å². The van der Waals surface area contributed by atoms with E-state index in [0.717, 1.165) is 42.8 Å². The van der Waals surface area contributed by atoms with Crippen molar-refractivity contribution in [2.24, 2.45) is 0 Å². The smallest absolute Gasteiger partial charge is 0.147 e. The normalized spacial score (nSPS) is 17.1. The molecule has 1 saturated heterocycles. The fourth-order valence-corrected chi connectivity index (χ4v) is 2.62. The summed E-state index contributed by atoms with van der Waals surface area (Å²) in [4.78, 5) is 8.88. The van der Waals surface area contributed by atoms with Gasteiger partial charge in [-0.25, -0.2) is 4.39 Å². The molecule has 1 aromatic heterocycles. The molecule has 0 radical (unpaired) electrons. The zero-order chi connectivity index (χ0) is 13.4. The van der Waals surface area contributed by atoms with E-state index in [1.165, 1.54) is 6.07 Å². The summed E-state index contributed by atoms with van der Waals surface area (Å²) in [5.41, 5.74) is 2.54. The average molecular weight is 259 g/mol. The van der Waals surface area contributed by atoms with Crippen LogP contribution in [0.3, 0.4) is 0 Å². The molecule has 1 aromatic carbocycles. The van der Waals surface area contributed by atoms with Gasteiger partial charge >= 0.3 is 0 Å². The van der Waals surface area contributed by atoms with Crippen molar-refractivity contribution in [1.29, 1.82) is 0 Å². The molecular weight excluding hydrogens is 241 g/mol. The molecule has 1 aliphatic heterocycles. The molecule has 0 aliphatic carbocycles. The summed E-state index contributed by atoms with van der Waals surface area (Å²) in [6.07, 6.45) is 0. The van der Waals surface area contributed by atoms with Crippen LogP contribution in [0.2, 0.25) is 0 Å². The number of pyridine rings is 1. The standard InChI is InChI=1S/C15H18FN3/c1-11-3-4-12-14(17-11)6-5-13(16)15(12)19-9-7-18(2)8-10-19/h3-6H,7-10H2,1-2H3. The Hall–Kier alpha value is -1.68. The molecule has 0 amide bonds. The van der Waals surface area contributed by atoms with Gasteiger partial charge in [0, 0.05) is 37.3 Å². The fraction of sp³-hybridized carbons (Fsp3) is 0.400. The van der Waals surface area contributed by atoms with Crippen LogP contribution >= 0.6 is 0 Å². The summed E-state index contributed by atoms with van der Waals surface area (Å²) in [5, 5.41) is 0.912. The highest BCUT2D eigenvalue weighted by atomic mass is 19.1. The molecule has 2 heterocycles. The molecule has 2 aromatic rings. The van der Waals surface area contributed by atoms with Crippen LogP contribution < -0.4 is 4.90 Å². The maximum atomic E-state index is 14.2. The van der Waals surface area contributed by atoms with E-state index in [0.29, 0.717) is 5.69 Å². The van der Waals surface area contributed by atoms with E-state index >= 15 is 0 Å². The summed E-state index contributed by atoms with van der Waals surface area (Å²) in [6, 6.07) is 7.22. The zero-order valence-electron chi connectivity index (χ0n) is 11.4. The molecule has 4 heteroatoms. The van der Waals surface area contributed by atoms with Crippen LogP contribution in [0.1, 0.15) is 5.69 Å². The summed E-state index contributed by atoms with van der Waals surface area (Å²) in [7, 11) is 2.10. The third kappa shape index (κ3) is 2.28. The largest absolute Gasteiger partial charge is 0.366 e. The van der Waals surface area contributed by atoms with Crippen molar-refractivity contribution in [3.8, 4) is 0 Å². The van der Waals surface area contributed by atoms with Crippen molar-refractivity contribution < 1.29 is 4.39 Å². The Balaban J connectivity index is 2.08. The summed E-state index contributed by atoms with van der Waals surface area (Å²) in [5.74, 6) is -0.150. The van der Waals surface area contributed by atoms with Crippen molar-refractivity contribution in [1.82, 2.24) is 9.88 Å². The van der Waals surface area contributed by atoms with Gasteiger partial charge in [0.1, 0.15) is 5.82 Å². The third-order valence-electron chi connectivity index (χ3n) is 3.75. The summed E-state index contributed by atoms with van der Waals surface area (Å²) < 4.78 is 14.2.